The molecule has 0 spiro atoms. The predicted octanol–water partition coefficient (Wildman–Crippen LogP) is 3.22. The van der Waals surface area contributed by atoms with Crippen LogP contribution in [0.4, 0.5) is 0 Å². The van der Waals surface area contributed by atoms with E-state index in [1.54, 1.807) is 0 Å². The maximum absolute atomic E-state index is 10.1. The van der Waals surface area contributed by atoms with Gasteiger partial charge in [0, 0.05) is 0 Å². The van der Waals surface area contributed by atoms with E-state index >= 15 is 0 Å². The van der Waals surface area contributed by atoms with Gasteiger partial charge in [0.25, 0.3) is 0 Å². The summed E-state index contributed by atoms with van der Waals surface area (Å²) in [5.74, 6) is 0. The molecule has 0 amide bonds. The number of ether oxygens (including phenoxy) is 1. The minimum absolute atomic E-state index is 0.0108. The van der Waals surface area contributed by atoms with Gasteiger partial charge in [-0.25, -0.2) is 0 Å². The number of hydrogen-bond donors (Lipinski definition) is 1. The highest BCUT2D eigenvalue weighted by Crippen LogP contribution is 2.43. The Morgan fingerprint density at radius 1 is 1.29 bits per heavy atom. The van der Waals surface area contributed by atoms with E-state index in [9.17, 15) is 5.11 Å². The Kier molecular flexibility index (Phi) is 3.21. The Morgan fingerprint density at radius 3 is 2.71 bits per heavy atom. The molecule has 1 fully saturated rings. The maximum Gasteiger partial charge on any atom is 0.113 e. The van der Waals surface area contributed by atoms with Crippen molar-refractivity contribution >= 4 is 0 Å². The topological polar surface area (TPSA) is 32.8 Å². The molecule has 1 saturated heterocycles. The largest absolute Gasteiger partial charge is 0.390 e. The minimum atomic E-state index is -0.356. The second-order valence-electron chi connectivity index (χ2n) is 6.47. The SMILES string of the molecule is C/C1=C/CC(C)(C)/C=C\CC2(C)OC2[C@H](O)C1. The van der Waals surface area contributed by atoms with Crippen LogP contribution in [0.15, 0.2) is 23.8 Å². The number of aliphatic hydroxyl groups is 1. The Labute approximate surface area is 104 Å². The van der Waals surface area contributed by atoms with Crippen molar-refractivity contribution in [3.8, 4) is 0 Å². The van der Waals surface area contributed by atoms with Crippen LogP contribution in [0.1, 0.15) is 47.0 Å². The molecule has 2 heteroatoms. The van der Waals surface area contributed by atoms with Crippen LogP contribution in [-0.2, 0) is 4.74 Å². The standard InChI is InChI=1S/C15H24O2/c1-11-6-9-14(2,3)7-5-8-15(4)13(17-15)12(16)10-11/h5-7,12-13,16H,8-10H2,1-4H3/b7-5-,11-6-/t12-,13?,15?/m1/s1. The average molecular weight is 236 g/mol. The number of hydrogen-bond acceptors (Lipinski definition) is 2. The van der Waals surface area contributed by atoms with Gasteiger partial charge in [-0.2, -0.15) is 0 Å². The first kappa shape index (κ1) is 12.8. The molecule has 2 nitrogen and oxygen atoms in total. The van der Waals surface area contributed by atoms with Crippen molar-refractivity contribution < 1.29 is 9.84 Å². The zero-order valence-electron chi connectivity index (χ0n) is 11.4. The van der Waals surface area contributed by atoms with E-state index < -0.39 is 0 Å². The van der Waals surface area contributed by atoms with Gasteiger partial charge in [0.15, 0.2) is 0 Å². The molecule has 1 aliphatic carbocycles. The highest BCUT2D eigenvalue weighted by Gasteiger charge is 2.54. The molecule has 1 aliphatic heterocycles. The third-order valence-corrected chi connectivity index (χ3v) is 3.89. The molecular weight excluding hydrogens is 212 g/mol. The minimum Gasteiger partial charge on any atom is -0.390 e. The Bertz CT molecular complexity index is 354. The smallest absolute Gasteiger partial charge is 0.113 e. The second kappa shape index (κ2) is 4.25. The first-order valence-electron chi connectivity index (χ1n) is 6.52. The van der Waals surface area contributed by atoms with Crippen LogP contribution in [0.5, 0.6) is 0 Å². The molecular formula is C15H24O2. The van der Waals surface area contributed by atoms with Crippen LogP contribution in [0, 0.1) is 5.41 Å². The van der Waals surface area contributed by atoms with Crippen LogP contribution in [-0.4, -0.2) is 22.9 Å². The van der Waals surface area contributed by atoms with Gasteiger partial charge in [0.1, 0.15) is 6.10 Å². The highest BCUT2D eigenvalue weighted by atomic mass is 16.6. The molecule has 0 aromatic carbocycles. The van der Waals surface area contributed by atoms with Gasteiger partial charge in [0.2, 0.25) is 0 Å². The van der Waals surface area contributed by atoms with E-state index in [0.717, 1.165) is 19.3 Å². The molecule has 96 valence electrons. The number of epoxide rings is 1. The van der Waals surface area contributed by atoms with Crippen LogP contribution in [0.2, 0.25) is 0 Å². The van der Waals surface area contributed by atoms with Gasteiger partial charge in [0.05, 0.1) is 11.7 Å². The summed E-state index contributed by atoms with van der Waals surface area (Å²) >= 11 is 0. The van der Waals surface area contributed by atoms with Gasteiger partial charge in [-0.05, 0) is 38.5 Å². The van der Waals surface area contributed by atoms with Gasteiger partial charge in [-0.15, -0.1) is 0 Å². The molecule has 0 aromatic rings. The van der Waals surface area contributed by atoms with Crippen LogP contribution < -0.4 is 0 Å². The number of allylic oxidation sites excluding steroid dienone is 2. The molecule has 2 unspecified atom stereocenters. The summed E-state index contributed by atoms with van der Waals surface area (Å²) in [7, 11) is 0. The van der Waals surface area contributed by atoms with Gasteiger partial charge in [-0.3, -0.25) is 0 Å². The van der Waals surface area contributed by atoms with E-state index in [2.05, 4.69) is 45.9 Å². The van der Waals surface area contributed by atoms with Crippen LogP contribution in [0.3, 0.4) is 0 Å². The molecule has 2 rings (SSSR count). The van der Waals surface area contributed by atoms with Crippen LogP contribution >= 0.6 is 0 Å². The van der Waals surface area contributed by atoms with Crippen molar-refractivity contribution in [3.63, 3.8) is 0 Å². The van der Waals surface area contributed by atoms with E-state index in [1.165, 1.54) is 5.57 Å². The molecule has 1 N–H and O–H groups in total. The van der Waals surface area contributed by atoms with Crippen molar-refractivity contribution in [1.82, 2.24) is 0 Å². The lowest BCUT2D eigenvalue weighted by molar-refractivity contribution is 0.135. The fourth-order valence-electron chi connectivity index (χ4n) is 2.54. The lowest BCUT2D eigenvalue weighted by atomic mass is 9.87. The number of rotatable bonds is 0. The van der Waals surface area contributed by atoms with Crippen LogP contribution in [0.25, 0.3) is 0 Å². The maximum atomic E-state index is 10.1. The molecule has 0 aromatic heterocycles. The summed E-state index contributed by atoms with van der Waals surface area (Å²) in [5.41, 5.74) is 1.31. The van der Waals surface area contributed by atoms with E-state index in [-0.39, 0.29) is 23.2 Å². The summed E-state index contributed by atoms with van der Waals surface area (Å²) < 4.78 is 5.68. The number of fused-ring (bicyclic) bond motifs is 1. The third-order valence-electron chi connectivity index (χ3n) is 3.89. The summed E-state index contributed by atoms with van der Waals surface area (Å²) in [6.45, 7) is 8.68. The molecule has 2 aliphatic rings. The van der Waals surface area contributed by atoms with E-state index in [4.69, 9.17) is 4.74 Å². The molecule has 0 bridgehead atoms. The van der Waals surface area contributed by atoms with E-state index in [1.807, 2.05) is 0 Å². The molecule has 17 heavy (non-hydrogen) atoms. The summed E-state index contributed by atoms with van der Waals surface area (Å²) in [5, 5.41) is 10.1. The van der Waals surface area contributed by atoms with Crippen molar-refractivity contribution in [2.45, 2.75) is 64.8 Å². The third kappa shape index (κ3) is 2.99. The lowest BCUT2D eigenvalue weighted by Gasteiger charge is -2.18. The Balaban J connectivity index is 2.17. The first-order chi connectivity index (χ1) is 7.82. The first-order valence-corrected chi connectivity index (χ1v) is 6.52. The summed E-state index contributed by atoms with van der Waals surface area (Å²) in [6, 6.07) is 0. The summed E-state index contributed by atoms with van der Waals surface area (Å²) in [6.07, 6.45) is 9.05. The van der Waals surface area contributed by atoms with Gasteiger partial charge < -0.3 is 9.84 Å². The predicted molar refractivity (Wildman–Crippen MR) is 69.8 cm³/mol. The summed E-state index contributed by atoms with van der Waals surface area (Å²) in [4.78, 5) is 0. The molecule has 0 saturated carbocycles. The fourth-order valence-corrected chi connectivity index (χ4v) is 2.54. The van der Waals surface area contributed by atoms with Gasteiger partial charge >= 0.3 is 0 Å². The lowest BCUT2D eigenvalue weighted by Crippen LogP contribution is -2.22. The normalized spacial score (nSPS) is 46.1. The molecule has 0 radical (unpaired) electrons. The van der Waals surface area contributed by atoms with Gasteiger partial charge in [-0.1, -0.05) is 37.6 Å². The quantitative estimate of drug-likeness (QED) is 0.517. The van der Waals surface area contributed by atoms with E-state index in [0.29, 0.717) is 0 Å². The van der Waals surface area contributed by atoms with Crippen molar-refractivity contribution in [2.75, 3.05) is 0 Å². The average Bonchev–Trinajstić information content (AvgIpc) is 2.87. The number of aliphatic hydroxyl groups excluding tert-OH is 1. The zero-order valence-corrected chi connectivity index (χ0v) is 11.4. The van der Waals surface area contributed by atoms with Crippen molar-refractivity contribution in [2.24, 2.45) is 5.41 Å². The second-order valence-corrected chi connectivity index (χ2v) is 6.47. The monoisotopic (exact) mass is 236 g/mol. The Hall–Kier alpha value is -0.600. The fraction of sp³-hybridized carbons (Fsp3) is 0.733. The van der Waals surface area contributed by atoms with Crippen molar-refractivity contribution in [3.05, 3.63) is 23.8 Å². The molecule has 1 heterocycles. The highest BCUT2D eigenvalue weighted by molar-refractivity contribution is 5.14. The Morgan fingerprint density at radius 2 is 2.00 bits per heavy atom. The zero-order chi connectivity index (χ0) is 12.7. The molecule has 3 atom stereocenters. The van der Waals surface area contributed by atoms with Crippen molar-refractivity contribution in [1.29, 1.82) is 0 Å².